The Labute approximate surface area is 126 Å². The Balaban J connectivity index is 1.69. The van der Waals surface area contributed by atoms with Crippen molar-refractivity contribution >= 4 is 5.69 Å². The highest BCUT2D eigenvalue weighted by Crippen LogP contribution is 2.40. The van der Waals surface area contributed by atoms with E-state index in [4.69, 9.17) is 0 Å². The summed E-state index contributed by atoms with van der Waals surface area (Å²) in [6.07, 6.45) is 1.78. The van der Waals surface area contributed by atoms with Crippen molar-refractivity contribution in [1.82, 2.24) is 5.32 Å². The van der Waals surface area contributed by atoms with Crippen molar-refractivity contribution in [2.45, 2.75) is 45.4 Å². The molecule has 1 saturated carbocycles. The van der Waals surface area contributed by atoms with Gasteiger partial charge in [-0.05, 0) is 36.5 Å². The lowest BCUT2D eigenvalue weighted by Gasteiger charge is -2.21. The SMILES string of the molecule is CC(C)NCc1ccc(N2CC3CCC(O)C3C2)c(F)c1. The van der Waals surface area contributed by atoms with Gasteiger partial charge in [0.1, 0.15) is 5.82 Å². The van der Waals surface area contributed by atoms with Crippen LogP contribution in [0.1, 0.15) is 32.3 Å². The van der Waals surface area contributed by atoms with Crippen molar-refractivity contribution in [1.29, 1.82) is 0 Å². The highest BCUT2D eigenvalue weighted by atomic mass is 19.1. The summed E-state index contributed by atoms with van der Waals surface area (Å²) >= 11 is 0. The second-order valence-corrected chi connectivity index (χ2v) is 6.79. The molecule has 1 aliphatic heterocycles. The van der Waals surface area contributed by atoms with Gasteiger partial charge >= 0.3 is 0 Å². The Morgan fingerprint density at radius 1 is 1.33 bits per heavy atom. The maximum absolute atomic E-state index is 14.4. The first kappa shape index (κ1) is 14.8. The Morgan fingerprint density at radius 3 is 2.81 bits per heavy atom. The lowest BCUT2D eigenvalue weighted by molar-refractivity contribution is 0.133. The van der Waals surface area contributed by atoms with E-state index in [1.807, 2.05) is 12.1 Å². The topological polar surface area (TPSA) is 35.5 Å². The van der Waals surface area contributed by atoms with Crippen molar-refractivity contribution in [3.05, 3.63) is 29.6 Å². The van der Waals surface area contributed by atoms with Gasteiger partial charge in [-0.25, -0.2) is 4.39 Å². The standard InChI is InChI=1S/C17H25FN2O/c1-11(2)19-8-12-3-5-16(15(18)7-12)20-9-13-4-6-17(21)14(13)10-20/h3,5,7,11,13-14,17,19,21H,4,6,8-10H2,1-2H3. The molecule has 0 bridgehead atoms. The van der Waals surface area contributed by atoms with Gasteiger partial charge in [0.05, 0.1) is 11.8 Å². The molecule has 3 rings (SSSR count). The van der Waals surface area contributed by atoms with E-state index in [1.165, 1.54) is 0 Å². The minimum atomic E-state index is -0.197. The van der Waals surface area contributed by atoms with Crippen LogP contribution in [0.4, 0.5) is 10.1 Å². The molecular formula is C17H25FN2O. The molecule has 1 aromatic rings. The summed E-state index contributed by atoms with van der Waals surface area (Å²) in [6.45, 7) is 6.52. The normalized spacial score (nSPS) is 28.4. The van der Waals surface area contributed by atoms with Crippen LogP contribution in [-0.4, -0.2) is 30.3 Å². The summed E-state index contributed by atoms with van der Waals surface area (Å²) < 4.78 is 14.4. The fourth-order valence-corrected chi connectivity index (χ4v) is 3.67. The van der Waals surface area contributed by atoms with Crippen molar-refractivity contribution < 1.29 is 9.50 Å². The van der Waals surface area contributed by atoms with Gasteiger partial charge in [0, 0.05) is 31.6 Å². The predicted molar refractivity (Wildman–Crippen MR) is 82.8 cm³/mol. The zero-order valence-electron chi connectivity index (χ0n) is 12.8. The summed E-state index contributed by atoms with van der Waals surface area (Å²) in [5.41, 5.74) is 1.66. The van der Waals surface area contributed by atoms with E-state index < -0.39 is 0 Å². The molecule has 1 aliphatic carbocycles. The quantitative estimate of drug-likeness (QED) is 0.895. The molecule has 2 N–H and O–H groups in total. The lowest BCUT2D eigenvalue weighted by atomic mass is 10.00. The van der Waals surface area contributed by atoms with Crippen LogP contribution in [0.25, 0.3) is 0 Å². The molecule has 2 fully saturated rings. The van der Waals surface area contributed by atoms with E-state index in [-0.39, 0.29) is 11.9 Å². The van der Waals surface area contributed by atoms with Crippen LogP contribution in [0.3, 0.4) is 0 Å². The Kier molecular flexibility index (Phi) is 4.18. The van der Waals surface area contributed by atoms with Gasteiger partial charge in [0.25, 0.3) is 0 Å². The third-order valence-electron chi connectivity index (χ3n) is 4.89. The van der Waals surface area contributed by atoms with Crippen LogP contribution in [0, 0.1) is 17.7 Å². The Hall–Kier alpha value is -1.13. The molecule has 1 heterocycles. The molecule has 3 nitrogen and oxygen atoms in total. The summed E-state index contributed by atoms with van der Waals surface area (Å²) in [5, 5.41) is 13.3. The zero-order valence-corrected chi connectivity index (χ0v) is 12.8. The second kappa shape index (κ2) is 5.93. The number of aliphatic hydroxyl groups is 1. The maximum Gasteiger partial charge on any atom is 0.146 e. The van der Waals surface area contributed by atoms with E-state index in [0.29, 0.717) is 30.1 Å². The zero-order chi connectivity index (χ0) is 15.0. The molecule has 2 aliphatic rings. The number of aliphatic hydroxyl groups excluding tert-OH is 1. The Bertz CT molecular complexity index is 506. The number of halogens is 1. The number of hydrogen-bond acceptors (Lipinski definition) is 3. The number of nitrogens with one attached hydrogen (secondary N) is 1. The average Bonchev–Trinajstić information content (AvgIpc) is 2.99. The minimum Gasteiger partial charge on any atom is -0.393 e. The second-order valence-electron chi connectivity index (χ2n) is 6.79. The maximum atomic E-state index is 14.4. The highest BCUT2D eigenvalue weighted by molar-refractivity contribution is 5.50. The molecule has 21 heavy (non-hydrogen) atoms. The lowest BCUT2D eigenvalue weighted by Crippen LogP contribution is -2.25. The van der Waals surface area contributed by atoms with Crippen molar-refractivity contribution in [2.75, 3.05) is 18.0 Å². The molecule has 1 saturated heterocycles. The van der Waals surface area contributed by atoms with Gasteiger partial charge in [0.15, 0.2) is 0 Å². The molecule has 1 aromatic carbocycles. The largest absolute Gasteiger partial charge is 0.393 e. The number of hydrogen-bond donors (Lipinski definition) is 2. The molecule has 3 unspecified atom stereocenters. The van der Waals surface area contributed by atoms with E-state index in [0.717, 1.165) is 31.5 Å². The van der Waals surface area contributed by atoms with Gasteiger partial charge in [-0.3, -0.25) is 0 Å². The number of benzene rings is 1. The Morgan fingerprint density at radius 2 is 2.14 bits per heavy atom. The molecule has 0 amide bonds. The third-order valence-corrected chi connectivity index (χ3v) is 4.89. The van der Waals surface area contributed by atoms with Crippen LogP contribution >= 0.6 is 0 Å². The van der Waals surface area contributed by atoms with Gasteiger partial charge in [-0.15, -0.1) is 0 Å². The van der Waals surface area contributed by atoms with E-state index in [1.54, 1.807) is 6.07 Å². The first-order valence-electron chi connectivity index (χ1n) is 7.99. The summed E-state index contributed by atoms with van der Waals surface area (Å²) in [4.78, 5) is 2.10. The fourth-order valence-electron chi connectivity index (χ4n) is 3.67. The number of anilines is 1. The monoisotopic (exact) mass is 292 g/mol. The summed E-state index contributed by atoms with van der Waals surface area (Å²) in [7, 11) is 0. The predicted octanol–water partition coefficient (Wildman–Crippen LogP) is 2.53. The van der Waals surface area contributed by atoms with Gasteiger partial charge in [-0.1, -0.05) is 19.9 Å². The molecular weight excluding hydrogens is 267 g/mol. The smallest absolute Gasteiger partial charge is 0.146 e. The van der Waals surface area contributed by atoms with Crippen LogP contribution < -0.4 is 10.2 Å². The van der Waals surface area contributed by atoms with Gasteiger partial charge in [-0.2, -0.15) is 0 Å². The van der Waals surface area contributed by atoms with E-state index in [9.17, 15) is 9.50 Å². The number of fused-ring (bicyclic) bond motifs is 1. The molecule has 0 radical (unpaired) electrons. The molecule has 3 atom stereocenters. The summed E-state index contributed by atoms with van der Waals surface area (Å²) in [6, 6.07) is 5.92. The van der Waals surface area contributed by atoms with Crippen LogP contribution in [-0.2, 0) is 6.54 Å². The number of nitrogens with zero attached hydrogens (tertiary/aromatic N) is 1. The minimum absolute atomic E-state index is 0.146. The molecule has 0 spiro atoms. The van der Waals surface area contributed by atoms with E-state index in [2.05, 4.69) is 24.1 Å². The van der Waals surface area contributed by atoms with Crippen LogP contribution in [0.2, 0.25) is 0 Å². The van der Waals surface area contributed by atoms with Crippen molar-refractivity contribution in [3.63, 3.8) is 0 Å². The average molecular weight is 292 g/mol. The fraction of sp³-hybridized carbons (Fsp3) is 0.647. The first-order valence-corrected chi connectivity index (χ1v) is 7.99. The van der Waals surface area contributed by atoms with Crippen molar-refractivity contribution in [2.24, 2.45) is 11.8 Å². The van der Waals surface area contributed by atoms with Gasteiger partial charge < -0.3 is 15.3 Å². The van der Waals surface area contributed by atoms with Crippen LogP contribution in [0.5, 0.6) is 0 Å². The first-order chi connectivity index (χ1) is 10.0. The van der Waals surface area contributed by atoms with Crippen LogP contribution in [0.15, 0.2) is 18.2 Å². The van der Waals surface area contributed by atoms with Crippen molar-refractivity contribution in [3.8, 4) is 0 Å². The molecule has 0 aromatic heterocycles. The number of rotatable bonds is 4. The summed E-state index contributed by atoms with van der Waals surface area (Å²) in [5.74, 6) is 0.709. The highest BCUT2D eigenvalue weighted by Gasteiger charge is 2.42. The van der Waals surface area contributed by atoms with Gasteiger partial charge in [0.2, 0.25) is 0 Å². The van der Waals surface area contributed by atoms with E-state index >= 15 is 0 Å². The molecule has 116 valence electrons. The molecule has 4 heteroatoms. The third kappa shape index (κ3) is 3.06.